The highest BCUT2D eigenvalue weighted by Gasteiger charge is 2.48. The van der Waals surface area contributed by atoms with E-state index in [9.17, 15) is 22.8 Å². The van der Waals surface area contributed by atoms with Crippen LogP contribution in [0.3, 0.4) is 0 Å². The van der Waals surface area contributed by atoms with E-state index < -0.39 is 29.6 Å². The van der Waals surface area contributed by atoms with E-state index in [2.05, 4.69) is 4.98 Å². The molecule has 2 aromatic rings. The summed E-state index contributed by atoms with van der Waals surface area (Å²) >= 11 is 0. The lowest BCUT2D eigenvalue weighted by atomic mass is 9.97. The number of aromatic nitrogens is 1. The van der Waals surface area contributed by atoms with Gasteiger partial charge >= 0.3 is 12.1 Å². The second kappa shape index (κ2) is 8.03. The average Bonchev–Trinajstić information content (AvgIpc) is 2.67. The summed E-state index contributed by atoms with van der Waals surface area (Å²) in [6, 6.07) is 6.98. The maximum Gasteiger partial charge on any atom is 0.430 e. The van der Waals surface area contributed by atoms with Gasteiger partial charge in [0.2, 0.25) is 6.10 Å². The monoisotopic (exact) mass is 379 g/mol. The minimum Gasteiger partial charge on any atom is -0.478 e. The molecule has 1 aromatic carbocycles. The highest BCUT2D eigenvalue weighted by atomic mass is 19.4. The van der Waals surface area contributed by atoms with Crippen molar-refractivity contribution in [2.24, 2.45) is 0 Å². The molecular weight excluding hydrogens is 363 g/mol. The van der Waals surface area contributed by atoms with Crippen LogP contribution < -0.4 is 4.74 Å². The first-order valence-electron chi connectivity index (χ1n) is 8.04. The molecular formula is C19H16F3NO4. The Hall–Kier alpha value is -3.16. The first kappa shape index (κ1) is 20.2. The minimum atomic E-state index is -4.90. The van der Waals surface area contributed by atoms with Gasteiger partial charge in [0, 0.05) is 29.1 Å². The molecule has 5 nitrogen and oxygen atoms in total. The van der Waals surface area contributed by atoms with E-state index in [0.717, 1.165) is 6.08 Å². The van der Waals surface area contributed by atoms with Gasteiger partial charge < -0.3 is 9.84 Å². The van der Waals surface area contributed by atoms with Crippen molar-refractivity contribution in [3.8, 4) is 5.75 Å². The quantitative estimate of drug-likeness (QED) is 0.812. The van der Waals surface area contributed by atoms with Crippen LogP contribution in [0.25, 0.3) is 6.08 Å². The van der Waals surface area contributed by atoms with Gasteiger partial charge in [0.25, 0.3) is 0 Å². The fourth-order valence-corrected chi connectivity index (χ4v) is 2.41. The molecule has 0 amide bonds. The third kappa shape index (κ3) is 4.33. The average molecular weight is 379 g/mol. The maximum atomic E-state index is 13.1. The van der Waals surface area contributed by atoms with Crippen LogP contribution in [0.1, 0.15) is 35.3 Å². The molecule has 0 radical (unpaired) electrons. The van der Waals surface area contributed by atoms with Crippen LogP contribution in [0, 0.1) is 0 Å². The Bertz CT molecular complexity index is 876. The summed E-state index contributed by atoms with van der Waals surface area (Å²) in [4.78, 5) is 27.2. The smallest absolute Gasteiger partial charge is 0.430 e. The van der Waals surface area contributed by atoms with Crippen molar-refractivity contribution in [2.75, 3.05) is 0 Å². The van der Waals surface area contributed by atoms with Gasteiger partial charge in [-0.2, -0.15) is 13.2 Å². The van der Waals surface area contributed by atoms with Crippen LogP contribution in [0.5, 0.6) is 5.75 Å². The molecule has 2 heterocycles. The molecule has 0 fully saturated rings. The number of aliphatic carboxylic acids is 1. The number of ether oxygens (including phenoxy) is 1. The number of nitrogens with zero attached hydrogens (tertiary/aromatic N) is 1. The summed E-state index contributed by atoms with van der Waals surface area (Å²) in [5, 5.41) is 8.98. The molecule has 0 spiro atoms. The summed E-state index contributed by atoms with van der Waals surface area (Å²) in [6.07, 6.45) is -3.77. The van der Waals surface area contributed by atoms with Gasteiger partial charge in [-0.05, 0) is 24.3 Å². The van der Waals surface area contributed by atoms with E-state index in [0.29, 0.717) is 0 Å². The van der Waals surface area contributed by atoms with Crippen LogP contribution in [-0.2, 0) is 4.79 Å². The molecule has 0 saturated carbocycles. The molecule has 1 atom stereocenters. The lowest BCUT2D eigenvalue weighted by Gasteiger charge is -2.27. The Morgan fingerprint density at radius 3 is 2.41 bits per heavy atom. The molecule has 1 aliphatic heterocycles. The molecule has 1 N–H and O–H groups in total. The maximum absolute atomic E-state index is 13.1. The van der Waals surface area contributed by atoms with E-state index in [1.54, 1.807) is 6.07 Å². The van der Waals surface area contributed by atoms with Crippen molar-refractivity contribution >= 4 is 17.8 Å². The molecule has 8 heteroatoms. The van der Waals surface area contributed by atoms with Gasteiger partial charge in [-0.3, -0.25) is 9.78 Å². The number of carboxylic acids is 1. The van der Waals surface area contributed by atoms with Crippen LogP contribution in [0.2, 0.25) is 0 Å². The van der Waals surface area contributed by atoms with Gasteiger partial charge in [0.05, 0.1) is 5.57 Å². The van der Waals surface area contributed by atoms with Crippen molar-refractivity contribution < 1.29 is 32.6 Å². The van der Waals surface area contributed by atoms with Crippen molar-refractivity contribution in [3.63, 3.8) is 0 Å². The number of carboxylic acid groups (broad SMARTS) is 1. The normalized spacial score (nSPS) is 15.4. The third-order valence-electron chi connectivity index (χ3n) is 3.58. The summed E-state index contributed by atoms with van der Waals surface area (Å²) in [6.45, 7) is 4.00. The molecule has 0 aliphatic carbocycles. The molecule has 0 saturated heterocycles. The summed E-state index contributed by atoms with van der Waals surface area (Å²) in [7, 11) is 0. The molecule has 0 bridgehead atoms. The Morgan fingerprint density at radius 2 is 1.85 bits per heavy atom. The second-order valence-electron chi connectivity index (χ2n) is 5.27. The van der Waals surface area contributed by atoms with E-state index in [1.165, 1.54) is 36.7 Å². The van der Waals surface area contributed by atoms with Crippen LogP contribution in [0.15, 0.2) is 48.3 Å². The molecule has 27 heavy (non-hydrogen) atoms. The lowest BCUT2D eigenvalue weighted by Crippen LogP contribution is -2.40. The number of hydrogen-bond acceptors (Lipinski definition) is 4. The highest BCUT2D eigenvalue weighted by molar-refractivity contribution is 6.09. The summed E-state index contributed by atoms with van der Waals surface area (Å²) < 4.78 is 44.1. The topological polar surface area (TPSA) is 76.5 Å². The summed E-state index contributed by atoms with van der Waals surface area (Å²) in [5.74, 6) is -2.36. The van der Waals surface area contributed by atoms with E-state index >= 15 is 0 Å². The van der Waals surface area contributed by atoms with Crippen molar-refractivity contribution in [1.82, 2.24) is 4.98 Å². The largest absolute Gasteiger partial charge is 0.478 e. The zero-order valence-corrected chi connectivity index (χ0v) is 14.4. The van der Waals surface area contributed by atoms with E-state index in [1.807, 2.05) is 13.8 Å². The lowest BCUT2D eigenvalue weighted by molar-refractivity contribution is -0.187. The number of carbonyl (C=O) groups excluding carboxylic acids is 1. The van der Waals surface area contributed by atoms with Crippen LogP contribution in [-0.4, -0.2) is 34.1 Å². The van der Waals surface area contributed by atoms with E-state index in [4.69, 9.17) is 9.84 Å². The molecule has 142 valence electrons. The predicted molar refractivity (Wildman–Crippen MR) is 91.5 cm³/mol. The summed E-state index contributed by atoms with van der Waals surface area (Å²) in [5.41, 5.74) is -0.376. The Morgan fingerprint density at radius 1 is 1.15 bits per heavy atom. The predicted octanol–water partition coefficient (Wildman–Crippen LogP) is 4.13. The van der Waals surface area contributed by atoms with Crippen molar-refractivity contribution in [1.29, 1.82) is 0 Å². The van der Waals surface area contributed by atoms with Crippen molar-refractivity contribution in [2.45, 2.75) is 26.1 Å². The van der Waals surface area contributed by atoms with E-state index in [-0.39, 0.29) is 22.4 Å². The Labute approximate surface area is 153 Å². The van der Waals surface area contributed by atoms with Crippen molar-refractivity contribution in [3.05, 3.63) is 65.0 Å². The Kier molecular flexibility index (Phi) is 5.99. The minimum absolute atomic E-state index is 0.111. The number of rotatable bonds is 3. The number of benzene rings is 1. The number of halogens is 3. The van der Waals surface area contributed by atoms with Crippen LogP contribution in [0.4, 0.5) is 13.2 Å². The number of hydrogen-bond donors (Lipinski definition) is 1. The van der Waals surface area contributed by atoms with Gasteiger partial charge in [-0.15, -0.1) is 0 Å². The second-order valence-corrected chi connectivity index (χ2v) is 5.27. The number of carbonyl (C=O) groups is 2. The van der Waals surface area contributed by atoms with Crippen LogP contribution >= 0.6 is 0 Å². The number of alkyl halides is 3. The van der Waals surface area contributed by atoms with Gasteiger partial charge in [-0.1, -0.05) is 26.0 Å². The SMILES string of the molecule is CC.O=C(O)C1=Cc2ccc(C(=O)c3cccnc3)cc2OC1C(F)(F)F. The highest BCUT2D eigenvalue weighted by Crippen LogP contribution is 2.37. The fraction of sp³-hybridized carbons (Fsp3) is 0.211. The molecule has 1 aliphatic rings. The third-order valence-corrected chi connectivity index (χ3v) is 3.58. The zero-order valence-electron chi connectivity index (χ0n) is 14.4. The van der Waals surface area contributed by atoms with Gasteiger partial charge in [0.15, 0.2) is 5.78 Å². The Balaban J connectivity index is 0.00000126. The number of pyridine rings is 1. The standard InChI is InChI=1S/C17H10F3NO4.C2H6/c18-17(19,20)15-12(16(23)24)6-9-3-4-10(7-13(9)25-15)14(22)11-2-1-5-21-8-11;1-2/h1-8,15H,(H,23,24);1-2H3. The number of ketones is 1. The molecule has 1 aromatic heterocycles. The molecule has 1 unspecified atom stereocenters. The fourth-order valence-electron chi connectivity index (χ4n) is 2.41. The zero-order chi connectivity index (χ0) is 20.2. The van der Waals surface area contributed by atoms with Gasteiger partial charge in [0.1, 0.15) is 5.75 Å². The van der Waals surface area contributed by atoms with Gasteiger partial charge in [-0.25, -0.2) is 4.79 Å². The first-order chi connectivity index (χ1) is 12.8. The molecule has 3 rings (SSSR count). The first-order valence-corrected chi connectivity index (χ1v) is 8.04. The number of fused-ring (bicyclic) bond motifs is 1.